The fraction of sp³-hybridized carbons (Fsp3) is 0.600. The Bertz CT molecular complexity index is 241. The van der Waals surface area contributed by atoms with Gasteiger partial charge in [-0.25, -0.2) is 0 Å². The summed E-state index contributed by atoms with van der Waals surface area (Å²) in [5.74, 6) is 0.819. The van der Waals surface area contributed by atoms with Gasteiger partial charge in [-0.05, 0) is 30.9 Å². The van der Waals surface area contributed by atoms with Gasteiger partial charge in [0, 0.05) is 19.3 Å². The zero-order valence-electron chi connectivity index (χ0n) is 11.5. The van der Waals surface area contributed by atoms with E-state index >= 15 is 0 Å². The molecule has 0 aromatic heterocycles. The Hall–Kier alpha value is -0.980. The van der Waals surface area contributed by atoms with Crippen LogP contribution in [0.25, 0.3) is 0 Å². The van der Waals surface area contributed by atoms with Gasteiger partial charge in [0.25, 0.3) is 0 Å². The molecular formula is C15H27N. The summed E-state index contributed by atoms with van der Waals surface area (Å²) in [6.07, 6.45) is 2.60. The number of nitrogens with zero attached hydrogens (tertiary/aromatic N) is 1. The van der Waals surface area contributed by atoms with Crippen molar-refractivity contribution in [2.45, 2.75) is 40.5 Å². The lowest BCUT2D eigenvalue weighted by molar-refractivity contribution is 0.556. The Balaban J connectivity index is 0.00000106. The van der Waals surface area contributed by atoms with Crippen molar-refractivity contribution in [2.24, 2.45) is 5.92 Å². The molecule has 0 unspecified atom stereocenters. The normalized spacial score (nSPS) is 9.62. The molecule has 1 aromatic rings. The lowest BCUT2D eigenvalue weighted by Gasteiger charge is -2.19. The zero-order chi connectivity index (χ0) is 12.4. The minimum atomic E-state index is 0.819. The van der Waals surface area contributed by atoms with Crippen molar-refractivity contribution < 1.29 is 0 Å². The highest BCUT2D eigenvalue weighted by Gasteiger charge is 2.00. The first-order valence-corrected chi connectivity index (χ1v) is 6.46. The lowest BCUT2D eigenvalue weighted by Crippen LogP contribution is -2.18. The third-order valence-electron chi connectivity index (χ3n) is 2.47. The van der Waals surface area contributed by atoms with Crippen LogP contribution in [0.1, 0.15) is 40.5 Å². The molecule has 0 bridgehead atoms. The average molecular weight is 221 g/mol. The minimum Gasteiger partial charge on any atom is -0.375 e. The van der Waals surface area contributed by atoms with Crippen LogP contribution in [-0.4, -0.2) is 13.6 Å². The summed E-state index contributed by atoms with van der Waals surface area (Å²) < 4.78 is 0. The molecule has 0 fully saturated rings. The van der Waals surface area contributed by atoms with Crippen LogP contribution in [0.15, 0.2) is 30.3 Å². The molecule has 0 amide bonds. The number of hydrogen-bond acceptors (Lipinski definition) is 1. The molecule has 0 spiro atoms. The van der Waals surface area contributed by atoms with Gasteiger partial charge >= 0.3 is 0 Å². The Morgan fingerprint density at radius 3 is 2.12 bits per heavy atom. The van der Waals surface area contributed by atoms with E-state index in [1.54, 1.807) is 0 Å². The van der Waals surface area contributed by atoms with Gasteiger partial charge in [0.05, 0.1) is 0 Å². The van der Waals surface area contributed by atoms with Crippen molar-refractivity contribution in [1.29, 1.82) is 0 Å². The average Bonchev–Trinajstić information content (AvgIpc) is 2.32. The molecule has 16 heavy (non-hydrogen) atoms. The summed E-state index contributed by atoms with van der Waals surface area (Å²) in [6, 6.07) is 10.6. The molecule has 0 heterocycles. The van der Waals surface area contributed by atoms with E-state index < -0.39 is 0 Å². The standard InChI is InChI=1S/C13H21N.C2H6/c1-12(2)8-7-11-14(3)13-9-5-4-6-10-13;1-2/h4-6,9-10,12H,7-8,11H2,1-3H3;1-2H3. The van der Waals surface area contributed by atoms with Gasteiger partial charge in [-0.1, -0.05) is 45.9 Å². The molecule has 0 aliphatic heterocycles. The molecule has 0 aliphatic carbocycles. The van der Waals surface area contributed by atoms with Crippen LogP contribution in [0, 0.1) is 5.92 Å². The third-order valence-corrected chi connectivity index (χ3v) is 2.47. The third kappa shape index (κ3) is 6.49. The maximum atomic E-state index is 2.32. The second-order valence-electron chi connectivity index (χ2n) is 4.29. The molecular weight excluding hydrogens is 194 g/mol. The summed E-state index contributed by atoms with van der Waals surface area (Å²) >= 11 is 0. The number of benzene rings is 1. The van der Waals surface area contributed by atoms with Crippen molar-refractivity contribution in [3.63, 3.8) is 0 Å². The number of rotatable bonds is 5. The van der Waals surface area contributed by atoms with E-state index in [-0.39, 0.29) is 0 Å². The summed E-state index contributed by atoms with van der Waals surface area (Å²) in [6.45, 7) is 9.72. The molecule has 1 nitrogen and oxygen atoms in total. The maximum Gasteiger partial charge on any atom is 0.0363 e. The number of hydrogen-bond donors (Lipinski definition) is 0. The zero-order valence-corrected chi connectivity index (χ0v) is 11.5. The second kappa shape index (κ2) is 9.26. The van der Waals surface area contributed by atoms with Crippen LogP contribution in [0.2, 0.25) is 0 Å². The molecule has 92 valence electrons. The molecule has 1 rings (SSSR count). The van der Waals surface area contributed by atoms with Crippen molar-refractivity contribution in [3.8, 4) is 0 Å². The maximum absolute atomic E-state index is 2.32. The van der Waals surface area contributed by atoms with Crippen LogP contribution >= 0.6 is 0 Å². The molecule has 0 N–H and O–H groups in total. The molecule has 0 saturated carbocycles. The summed E-state index contributed by atoms with van der Waals surface area (Å²) in [5.41, 5.74) is 1.32. The summed E-state index contributed by atoms with van der Waals surface area (Å²) in [4.78, 5) is 2.32. The second-order valence-corrected chi connectivity index (χ2v) is 4.29. The quantitative estimate of drug-likeness (QED) is 0.703. The SMILES string of the molecule is CC.CC(C)CCCN(C)c1ccccc1. The first-order valence-electron chi connectivity index (χ1n) is 6.46. The van der Waals surface area contributed by atoms with Gasteiger partial charge in [0.2, 0.25) is 0 Å². The molecule has 1 aromatic carbocycles. The minimum absolute atomic E-state index is 0.819. The van der Waals surface area contributed by atoms with Crippen molar-refractivity contribution in [2.75, 3.05) is 18.5 Å². The molecule has 0 radical (unpaired) electrons. The topological polar surface area (TPSA) is 3.24 Å². The predicted molar refractivity (Wildman–Crippen MR) is 75.1 cm³/mol. The summed E-state index contributed by atoms with van der Waals surface area (Å²) in [5, 5.41) is 0. The van der Waals surface area contributed by atoms with Gasteiger partial charge in [-0.2, -0.15) is 0 Å². The molecule has 0 atom stereocenters. The predicted octanol–water partition coefficient (Wildman–Crippen LogP) is 4.59. The molecule has 0 aliphatic rings. The Kier molecular flexibility index (Phi) is 8.69. The van der Waals surface area contributed by atoms with Crippen LogP contribution in [-0.2, 0) is 0 Å². The Morgan fingerprint density at radius 2 is 1.62 bits per heavy atom. The van der Waals surface area contributed by atoms with Gasteiger partial charge in [-0.3, -0.25) is 0 Å². The van der Waals surface area contributed by atoms with Crippen LogP contribution in [0.3, 0.4) is 0 Å². The van der Waals surface area contributed by atoms with E-state index in [0.29, 0.717) is 0 Å². The molecule has 0 saturated heterocycles. The van der Waals surface area contributed by atoms with E-state index in [9.17, 15) is 0 Å². The highest BCUT2D eigenvalue weighted by molar-refractivity contribution is 5.44. The molecule has 1 heteroatoms. The Labute approximate surface area is 101 Å². The van der Waals surface area contributed by atoms with Crippen molar-refractivity contribution in [3.05, 3.63) is 30.3 Å². The summed E-state index contributed by atoms with van der Waals surface area (Å²) in [7, 11) is 2.16. The number of para-hydroxylation sites is 1. The van der Waals surface area contributed by atoms with Crippen molar-refractivity contribution in [1.82, 2.24) is 0 Å². The first-order chi connectivity index (χ1) is 7.70. The van der Waals surface area contributed by atoms with Crippen molar-refractivity contribution >= 4 is 5.69 Å². The van der Waals surface area contributed by atoms with Crippen LogP contribution in [0.4, 0.5) is 5.69 Å². The van der Waals surface area contributed by atoms with E-state index in [0.717, 1.165) is 12.5 Å². The van der Waals surface area contributed by atoms with Crippen LogP contribution < -0.4 is 4.90 Å². The fourth-order valence-electron chi connectivity index (χ4n) is 1.55. The van der Waals surface area contributed by atoms with Crippen LogP contribution in [0.5, 0.6) is 0 Å². The lowest BCUT2D eigenvalue weighted by atomic mass is 10.1. The first kappa shape index (κ1) is 15.0. The highest BCUT2D eigenvalue weighted by Crippen LogP contribution is 2.12. The van der Waals surface area contributed by atoms with Gasteiger partial charge < -0.3 is 4.90 Å². The van der Waals surface area contributed by atoms with Gasteiger partial charge in [0.1, 0.15) is 0 Å². The van der Waals surface area contributed by atoms with Gasteiger partial charge in [-0.15, -0.1) is 0 Å². The monoisotopic (exact) mass is 221 g/mol. The highest BCUT2D eigenvalue weighted by atomic mass is 15.1. The number of anilines is 1. The largest absolute Gasteiger partial charge is 0.375 e. The van der Waals surface area contributed by atoms with E-state index in [1.165, 1.54) is 18.5 Å². The Morgan fingerprint density at radius 1 is 1.06 bits per heavy atom. The van der Waals surface area contributed by atoms with E-state index in [2.05, 4.69) is 56.1 Å². The smallest absolute Gasteiger partial charge is 0.0363 e. The van der Waals surface area contributed by atoms with Gasteiger partial charge in [0.15, 0.2) is 0 Å². The fourth-order valence-corrected chi connectivity index (χ4v) is 1.55. The van der Waals surface area contributed by atoms with E-state index in [1.807, 2.05) is 13.8 Å². The van der Waals surface area contributed by atoms with E-state index in [4.69, 9.17) is 0 Å².